The van der Waals surface area contributed by atoms with Gasteiger partial charge in [0.05, 0.1) is 19.6 Å². The first-order valence-electron chi connectivity index (χ1n) is 6.60. The summed E-state index contributed by atoms with van der Waals surface area (Å²) in [5.41, 5.74) is 0.866. The van der Waals surface area contributed by atoms with Gasteiger partial charge in [-0.15, -0.1) is 11.3 Å². The van der Waals surface area contributed by atoms with Gasteiger partial charge in [0.2, 0.25) is 0 Å². The number of hydrogen-bond donors (Lipinski definition) is 0. The first-order valence-corrected chi connectivity index (χ1v) is 7.42. The predicted octanol–water partition coefficient (Wildman–Crippen LogP) is 2.63. The van der Waals surface area contributed by atoms with Crippen LogP contribution in [0, 0.1) is 6.92 Å². The van der Waals surface area contributed by atoms with Crippen LogP contribution in [0.1, 0.15) is 39.4 Å². The molecule has 7 heteroatoms. The molecule has 1 rings (SSSR count). The molecule has 116 valence electrons. The maximum absolute atomic E-state index is 12.1. The van der Waals surface area contributed by atoms with E-state index in [2.05, 4.69) is 4.99 Å². The summed E-state index contributed by atoms with van der Waals surface area (Å²) in [6, 6.07) is 0. The summed E-state index contributed by atoms with van der Waals surface area (Å²) in [4.78, 5) is 30.4. The Balaban J connectivity index is 3.29. The molecule has 0 fully saturated rings. The SMILES string of the molecule is CCOC(=O)c1sc(/N=C/N(C)C)c(C(=O)OCC)c1C. The molecule has 1 aromatic heterocycles. The molecule has 0 bridgehead atoms. The highest BCUT2D eigenvalue weighted by atomic mass is 32.1. The summed E-state index contributed by atoms with van der Waals surface area (Å²) in [6.45, 7) is 5.71. The third kappa shape index (κ3) is 4.29. The third-order valence-electron chi connectivity index (χ3n) is 2.47. The molecule has 6 nitrogen and oxygen atoms in total. The molecule has 0 N–H and O–H groups in total. The van der Waals surface area contributed by atoms with Crippen molar-refractivity contribution in [1.29, 1.82) is 0 Å². The monoisotopic (exact) mass is 312 g/mol. The fourth-order valence-corrected chi connectivity index (χ4v) is 2.62. The highest BCUT2D eigenvalue weighted by Gasteiger charge is 2.26. The van der Waals surface area contributed by atoms with Gasteiger partial charge in [-0.2, -0.15) is 0 Å². The first-order chi connectivity index (χ1) is 9.92. The third-order valence-corrected chi connectivity index (χ3v) is 3.65. The molecule has 1 heterocycles. The van der Waals surface area contributed by atoms with E-state index in [1.165, 1.54) is 0 Å². The number of nitrogens with zero attached hydrogens (tertiary/aromatic N) is 2. The van der Waals surface area contributed by atoms with Crippen LogP contribution in [0.2, 0.25) is 0 Å². The van der Waals surface area contributed by atoms with Crippen molar-refractivity contribution in [3.8, 4) is 0 Å². The fourth-order valence-electron chi connectivity index (χ4n) is 1.59. The zero-order valence-corrected chi connectivity index (χ0v) is 13.7. The van der Waals surface area contributed by atoms with E-state index in [4.69, 9.17) is 9.47 Å². The lowest BCUT2D eigenvalue weighted by Gasteiger charge is -2.04. The number of carbonyl (C=O) groups excluding carboxylic acids is 2. The van der Waals surface area contributed by atoms with Crippen molar-refractivity contribution in [2.45, 2.75) is 20.8 Å². The summed E-state index contributed by atoms with van der Waals surface area (Å²) in [5.74, 6) is -0.926. The highest BCUT2D eigenvalue weighted by molar-refractivity contribution is 7.18. The highest BCUT2D eigenvalue weighted by Crippen LogP contribution is 2.36. The molecule has 0 atom stereocenters. The van der Waals surface area contributed by atoms with Crippen molar-refractivity contribution < 1.29 is 19.1 Å². The first kappa shape index (κ1) is 17.2. The average molecular weight is 312 g/mol. The minimum Gasteiger partial charge on any atom is -0.462 e. The van der Waals surface area contributed by atoms with Crippen molar-refractivity contribution in [2.75, 3.05) is 27.3 Å². The number of thiophene rings is 1. The van der Waals surface area contributed by atoms with Crippen LogP contribution < -0.4 is 0 Å². The Kier molecular flexibility index (Phi) is 6.36. The van der Waals surface area contributed by atoms with Crippen LogP contribution in [0.25, 0.3) is 0 Å². The molecule has 0 unspecified atom stereocenters. The minimum absolute atomic E-state index is 0.264. The molecule has 0 radical (unpaired) electrons. The zero-order valence-electron chi connectivity index (χ0n) is 12.9. The van der Waals surface area contributed by atoms with Crippen molar-refractivity contribution in [1.82, 2.24) is 4.90 Å². The zero-order chi connectivity index (χ0) is 16.0. The Morgan fingerprint density at radius 3 is 2.29 bits per heavy atom. The lowest BCUT2D eigenvalue weighted by atomic mass is 10.1. The van der Waals surface area contributed by atoms with E-state index in [0.717, 1.165) is 11.3 Å². The van der Waals surface area contributed by atoms with Crippen molar-refractivity contribution in [3.05, 3.63) is 16.0 Å². The maximum Gasteiger partial charge on any atom is 0.348 e. The van der Waals surface area contributed by atoms with Gasteiger partial charge in [0.15, 0.2) is 0 Å². The van der Waals surface area contributed by atoms with Gasteiger partial charge in [-0.1, -0.05) is 0 Å². The lowest BCUT2D eigenvalue weighted by molar-refractivity contribution is 0.0527. The predicted molar refractivity (Wildman–Crippen MR) is 82.8 cm³/mol. The second-order valence-electron chi connectivity index (χ2n) is 4.39. The van der Waals surface area contributed by atoms with Crippen LogP contribution >= 0.6 is 11.3 Å². The normalized spacial score (nSPS) is 10.7. The molecule has 0 amide bonds. The van der Waals surface area contributed by atoms with Gasteiger partial charge in [0.25, 0.3) is 0 Å². The van der Waals surface area contributed by atoms with Crippen LogP contribution in [0.5, 0.6) is 0 Å². The minimum atomic E-state index is -0.479. The molecular formula is C14H20N2O4S. The van der Waals surface area contributed by atoms with Crippen LogP contribution in [0.3, 0.4) is 0 Å². The molecule has 1 aromatic rings. The number of hydrogen-bond acceptors (Lipinski definition) is 6. The van der Waals surface area contributed by atoms with Gasteiger partial charge in [-0.25, -0.2) is 14.6 Å². The van der Waals surface area contributed by atoms with Crippen LogP contribution in [0.4, 0.5) is 5.00 Å². The second-order valence-corrected chi connectivity index (χ2v) is 5.38. The Bertz CT molecular complexity index is 549. The van der Waals surface area contributed by atoms with Crippen molar-refractivity contribution in [2.24, 2.45) is 4.99 Å². The van der Waals surface area contributed by atoms with Crippen LogP contribution in [-0.2, 0) is 9.47 Å². The topological polar surface area (TPSA) is 68.2 Å². The quantitative estimate of drug-likeness (QED) is 0.459. The van der Waals surface area contributed by atoms with E-state index < -0.39 is 11.9 Å². The van der Waals surface area contributed by atoms with Gasteiger partial charge < -0.3 is 14.4 Å². The number of rotatable bonds is 6. The second kappa shape index (κ2) is 7.78. The maximum atomic E-state index is 12.1. The number of ether oxygens (including phenoxy) is 2. The molecule has 0 aliphatic carbocycles. The standard InChI is InChI=1S/C14H20N2O4S/c1-6-19-13(17)10-9(3)11(14(18)20-7-2)21-12(10)15-8-16(4)5/h8H,6-7H2,1-5H3/b15-8+. The van der Waals surface area contributed by atoms with Crippen LogP contribution in [0.15, 0.2) is 4.99 Å². The van der Waals surface area contributed by atoms with Crippen LogP contribution in [-0.4, -0.2) is 50.5 Å². The molecule has 0 aliphatic rings. The molecule has 0 aliphatic heterocycles. The van der Waals surface area contributed by atoms with Gasteiger partial charge in [0.1, 0.15) is 15.4 Å². The van der Waals surface area contributed by atoms with Gasteiger partial charge in [-0.3, -0.25) is 0 Å². The number of carbonyl (C=O) groups is 2. The lowest BCUT2D eigenvalue weighted by Crippen LogP contribution is -2.09. The van der Waals surface area contributed by atoms with E-state index in [-0.39, 0.29) is 13.2 Å². The van der Waals surface area contributed by atoms with Crippen molar-refractivity contribution >= 4 is 34.6 Å². The Morgan fingerprint density at radius 2 is 1.76 bits per heavy atom. The summed E-state index contributed by atoms with van der Waals surface area (Å²) in [7, 11) is 3.64. The van der Waals surface area contributed by atoms with E-state index >= 15 is 0 Å². The largest absolute Gasteiger partial charge is 0.462 e. The Labute approximate surface area is 128 Å². The summed E-state index contributed by atoms with van der Waals surface area (Å²) < 4.78 is 10.0. The summed E-state index contributed by atoms with van der Waals surface area (Å²) in [6.07, 6.45) is 1.57. The van der Waals surface area contributed by atoms with Crippen molar-refractivity contribution in [3.63, 3.8) is 0 Å². The van der Waals surface area contributed by atoms with E-state index in [9.17, 15) is 9.59 Å². The molecule has 0 saturated heterocycles. The molecular weight excluding hydrogens is 292 g/mol. The summed E-state index contributed by atoms with van der Waals surface area (Å²) in [5, 5.41) is 0.447. The number of aliphatic imine (C=N–C) groups is 1. The molecule has 0 saturated carbocycles. The fraction of sp³-hybridized carbons (Fsp3) is 0.500. The smallest absolute Gasteiger partial charge is 0.348 e. The molecule has 0 aromatic carbocycles. The van der Waals surface area contributed by atoms with E-state index in [1.54, 1.807) is 32.0 Å². The number of esters is 2. The Hall–Kier alpha value is -1.89. The average Bonchev–Trinajstić information content (AvgIpc) is 2.74. The van der Waals surface area contributed by atoms with E-state index in [1.807, 2.05) is 14.1 Å². The van der Waals surface area contributed by atoms with Gasteiger partial charge in [-0.05, 0) is 26.3 Å². The Morgan fingerprint density at radius 1 is 1.19 bits per heavy atom. The van der Waals surface area contributed by atoms with E-state index in [0.29, 0.717) is 21.0 Å². The molecule has 0 spiro atoms. The van der Waals surface area contributed by atoms with Gasteiger partial charge in [0, 0.05) is 14.1 Å². The molecule has 21 heavy (non-hydrogen) atoms. The summed E-state index contributed by atoms with van der Waals surface area (Å²) >= 11 is 1.13. The van der Waals surface area contributed by atoms with Gasteiger partial charge >= 0.3 is 11.9 Å².